The van der Waals surface area contributed by atoms with Gasteiger partial charge >= 0.3 is 5.97 Å². The number of rotatable bonds is 9. The molecular weight excluding hydrogens is 367 g/mol. The second-order valence-electron chi connectivity index (χ2n) is 6.17. The van der Waals surface area contributed by atoms with Gasteiger partial charge in [0.05, 0.1) is 10.0 Å². The molecule has 0 aromatic heterocycles. The van der Waals surface area contributed by atoms with Crippen LogP contribution in [0.3, 0.4) is 0 Å². The van der Waals surface area contributed by atoms with E-state index < -0.39 is 12.0 Å². The quantitative estimate of drug-likeness (QED) is 0.446. The zero-order valence-corrected chi connectivity index (χ0v) is 15.0. The lowest BCUT2D eigenvalue weighted by Gasteiger charge is -2.07. The summed E-state index contributed by atoms with van der Waals surface area (Å²) in [5.74, 6) is -1.92. The summed E-state index contributed by atoms with van der Waals surface area (Å²) >= 11 is 11.7. The van der Waals surface area contributed by atoms with Crippen molar-refractivity contribution in [1.82, 2.24) is 5.32 Å². The van der Waals surface area contributed by atoms with Crippen molar-refractivity contribution in [2.45, 2.75) is 31.7 Å². The van der Waals surface area contributed by atoms with Crippen LogP contribution in [-0.4, -0.2) is 35.4 Å². The number of aliphatic carboxylic acids is 1. The number of carboxylic acids is 1. The molecule has 2 rings (SSSR count). The molecule has 8 heteroatoms. The maximum atomic E-state index is 12.3. The van der Waals surface area contributed by atoms with Gasteiger partial charge < -0.3 is 16.2 Å². The van der Waals surface area contributed by atoms with Crippen molar-refractivity contribution in [2.75, 3.05) is 6.54 Å². The first-order chi connectivity index (χ1) is 11.8. The van der Waals surface area contributed by atoms with Crippen LogP contribution in [0.4, 0.5) is 0 Å². The van der Waals surface area contributed by atoms with Crippen molar-refractivity contribution < 1.29 is 19.5 Å². The summed E-state index contributed by atoms with van der Waals surface area (Å²) in [6.45, 7) is 0.440. The van der Waals surface area contributed by atoms with Crippen molar-refractivity contribution in [3.63, 3.8) is 0 Å². The van der Waals surface area contributed by atoms with Crippen LogP contribution in [0, 0.1) is 11.8 Å². The number of nitrogens with one attached hydrogen (secondary N) is 1. The smallest absolute Gasteiger partial charge is 0.320 e. The van der Waals surface area contributed by atoms with Crippen LogP contribution in [0.15, 0.2) is 18.2 Å². The van der Waals surface area contributed by atoms with Gasteiger partial charge in [-0.15, -0.1) is 0 Å². The summed E-state index contributed by atoms with van der Waals surface area (Å²) in [6.07, 6.45) is 2.15. The highest BCUT2D eigenvalue weighted by Crippen LogP contribution is 2.41. The Labute approximate surface area is 155 Å². The third-order valence-electron chi connectivity index (χ3n) is 4.23. The van der Waals surface area contributed by atoms with E-state index in [1.54, 1.807) is 12.1 Å². The number of hydrogen-bond acceptors (Lipinski definition) is 4. The number of halogens is 2. The van der Waals surface area contributed by atoms with Gasteiger partial charge in [-0.1, -0.05) is 23.2 Å². The molecule has 0 saturated heterocycles. The lowest BCUT2D eigenvalue weighted by molar-refractivity contribution is -0.138. The topological polar surface area (TPSA) is 109 Å². The molecular formula is C17H20Cl2N2O4. The molecule has 4 N–H and O–H groups in total. The zero-order chi connectivity index (χ0) is 18.6. The Bertz CT molecular complexity index is 681. The fourth-order valence-corrected chi connectivity index (χ4v) is 2.89. The number of Topliss-reactive ketones (excluding diaryl/α,β-unsaturated/α-hetero) is 1. The molecule has 1 aromatic rings. The summed E-state index contributed by atoms with van der Waals surface area (Å²) in [6, 6.07) is 3.82. The van der Waals surface area contributed by atoms with Gasteiger partial charge in [-0.05, 0) is 43.9 Å². The molecule has 136 valence electrons. The van der Waals surface area contributed by atoms with Crippen molar-refractivity contribution in [2.24, 2.45) is 17.6 Å². The van der Waals surface area contributed by atoms with Crippen molar-refractivity contribution in [1.29, 1.82) is 0 Å². The number of ketones is 1. The first-order valence-corrected chi connectivity index (χ1v) is 8.82. The Hall–Kier alpha value is -1.63. The summed E-state index contributed by atoms with van der Waals surface area (Å²) in [4.78, 5) is 35.0. The Morgan fingerprint density at radius 1 is 1.20 bits per heavy atom. The number of amides is 1. The molecule has 0 spiro atoms. The molecule has 0 heterocycles. The normalized spacial score (nSPS) is 20.0. The molecule has 1 aliphatic carbocycles. The van der Waals surface area contributed by atoms with E-state index in [0.717, 1.165) is 0 Å². The number of carbonyl (C=O) groups is 3. The van der Waals surface area contributed by atoms with Gasteiger partial charge in [0.1, 0.15) is 6.04 Å². The number of benzene rings is 1. The van der Waals surface area contributed by atoms with Crippen LogP contribution >= 0.6 is 23.2 Å². The van der Waals surface area contributed by atoms with E-state index in [2.05, 4.69) is 5.32 Å². The van der Waals surface area contributed by atoms with E-state index in [1.165, 1.54) is 6.07 Å². The minimum atomic E-state index is -1.02. The molecule has 25 heavy (non-hydrogen) atoms. The van der Waals surface area contributed by atoms with Gasteiger partial charge in [0.25, 0.3) is 0 Å². The second kappa shape index (κ2) is 8.65. The molecule has 1 fully saturated rings. The first-order valence-electron chi connectivity index (χ1n) is 8.06. The highest BCUT2D eigenvalue weighted by Gasteiger charge is 2.47. The van der Waals surface area contributed by atoms with Crippen LogP contribution in [-0.2, 0) is 9.59 Å². The second-order valence-corrected chi connectivity index (χ2v) is 6.99. The first kappa shape index (κ1) is 19.7. The molecule has 1 aliphatic rings. The Balaban J connectivity index is 1.71. The Morgan fingerprint density at radius 3 is 2.56 bits per heavy atom. The number of carboxylic acid groups (broad SMARTS) is 1. The fraction of sp³-hybridized carbons (Fsp3) is 0.471. The number of carbonyl (C=O) groups excluding carboxylic acids is 2. The highest BCUT2D eigenvalue weighted by atomic mass is 35.5. The average molecular weight is 387 g/mol. The summed E-state index contributed by atoms with van der Waals surface area (Å²) in [7, 11) is 0. The summed E-state index contributed by atoms with van der Waals surface area (Å²) < 4.78 is 0. The minimum absolute atomic E-state index is 0.105. The fourth-order valence-electron chi connectivity index (χ4n) is 2.59. The number of hydrogen-bond donors (Lipinski definition) is 3. The highest BCUT2D eigenvalue weighted by molar-refractivity contribution is 6.42. The summed E-state index contributed by atoms with van der Waals surface area (Å²) in [5, 5.41) is 12.1. The predicted molar refractivity (Wildman–Crippen MR) is 94.9 cm³/mol. The van der Waals surface area contributed by atoms with E-state index in [1.807, 2.05) is 0 Å². The minimum Gasteiger partial charge on any atom is -0.480 e. The standard InChI is InChI=1S/C17H20Cl2N2O4/c18-12-5-4-9(7-13(12)19)15(22)10-8-11(10)16(23)21-6-2-1-3-14(20)17(24)25/h4-5,7,10-11,14H,1-3,6,8,20H2,(H,21,23)(H,24,25)/t10-,11-,14-/m0/s1. The van der Waals surface area contributed by atoms with Gasteiger partial charge in [0.15, 0.2) is 5.78 Å². The molecule has 1 aromatic carbocycles. The van der Waals surface area contributed by atoms with Gasteiger partial charge in [0.2, 0.25) is 5.91 Å². The van der Waals surface area contributed by atoms with Crippen molar-refractivity contribution >= 4 is 40.9 Å². The number of unbranched alkanes of at least 4 members (excludes halogenated alkanes) is 1. The molecule has 1 saturated carbocycles. The molecule has 0 bridgehead atoms. The van der Waals surface area contributed by atoms with Gasteiger partial charge in [0, 0.05) is 23.9 Å². The van der Waals surface area contributed by atoms with Crippen molar-refractivity contribution in [3.8, 4) is 0 Å². The van der Waals surface area contributed by atoms with Crippen LogP contribution in [0.25, 0.3) is 0 Å². The SMILES string of the molecule is N[C@@H](CCCCNC(=O)[C@H]1C[C@@H]1C(=O)c1ccc(Cl)c(Cl)c1)C(=O)O. The average Bonchev–Trinajstić information content (AvgIpc) is 3.36. The zero-order valence-electron chi connectivity index (χ0n) is 13.5. The molecule has 3 atom stereocenters. The van der Waals surface area contributed by atoms with Gasteiger partial charge in [-0.25, -0.2) is 0 Å². The van der Waals surface area contributed by atoms with Crippen LogP contribution in [0.2, 0.25) is 10.0 Å². The monoisotopic (exact) mass is 386 g/mol. The Kier molecular flexibility index (Phi) is 6.81. The maximum absolute atomic E-state index is 12.3. The van der Waals surface area contributed by atoms with E-state index in [9.17, 15) is 14.4 Å². The van der Waals surface area contributed by atoms with Crippen LogP contribution < -0.4 is 11.1 Å². The Morgan fingerprint density at radius 2 is 1.92 bits per heavy atom. The van der Waals surface area contributed by atoms with Crippen molar-refractivity contribution in [3.05, 3.63) is 33.8 Å². The third kappa shape index (κ3) is 5.42. The molecule has 6 nitrogen and oxygen atoms in total. The van der Waals surface area contributed by atoms with Crippen LogP contribution in [0.1, 0.15) is 36.0 Å². The van der Waals surface area contributed by atoms with E-state index in [-0.39, 0.29) is 23.5 Å². The summed E-state index contributed by atoms with van der Waals surface area (Å²) in [5.41, 5.74) is 5.86. The lowest BCUT2D eigenvalue weighted by Crippen LogP contribution is -2.30. The molecule has 0 radical (unpaired) electrons. The van der Waals surface area contributed by atoms with E-state index in [0.29, 0.717) is 47.8 Å². The largest absolute Gasteiger partial charge is 0.480 e. The van der Waals surface area contributed by atoms with Gasteiger partial charge in [-0.2, -0.15) is 0 Å². The molecule has 1 amide bonds. The molecule has 0 aliphatic heterocycles. The third-order valence-corrected chi connectivity index (χ3v) is 4.97. The molecule has 0 unspecified atom stereocenters. The van der Waals surface area contributed by atoms with E-state index >= 15 is 0 Å². The number of nitrogens with two attached hydrogens (primary N) is 1. The lowest BCUT2D eigenvalue weighted by atomic mass is 10.1. The van der Waals surface area contributed by atoms with Gasteiger partial charge in [-0.3, -0.25) is 14.4 Å². The van der Waals surface area contributed by atoms with E-state index in [4.69, 9.17) is 34.0 Å². The van der Waals surface area contributed by atoms with Crippen LogP contribution in [0.5, 0.6) is 0 Å². The predicted octanol–water partition coefficient (Wildman–Crippen LogP) is 2.51. The maximum Gasteiger partial charge on any atom is 0.320 e.